The summed E-state index contributed by atoms with van der Waals surface area (Å²) in [5, 5.41) is 0.216. The molecule has 0 amide bonds. The monoisotopic (exact) mass is 367 g/mol. The summed E-state index contributed by atoms with van der Waals surface area (Å²) in [6.07, 6.45) is 0.506. The van der Waals surface area contributed by atoms with Crippen molar-refractivity contribution in [3.05, 3.63) is 52.9 Å². The lowest BCUT2D eigenvalue weighted by molar-refractivity contribution is -0.134. The third-order valence-corrected chi connectivity index (χ3v) is 3.74. The van der Waals surface area contributed by atoms with Gasteiger partial charge in [0.25, 0.3) is 0 Å². The predicted molar refractivity (Wildman–Crippen MR) is 97.6 cm³/mol. The number of ether oxygens (including phenoxy) is 2. The van der Waals surface area contributed by atoms with Crippen LogP contribution >= 0.6 is 0 Å². The molecule has 27 heavy (non-hydrogen) atoms. The zero-order valence-electron chi connectivity index (χ0n) is 14.9. The molecule has 1 aromatic heterocycles. The molecule has 0 saturated heterocycles. The zero-order chi connectivity index (χ0) is 19.4. The van der Waals surface area contributed by atoms with E-state index < -0.39 is 11.6 Å². The Morgan fingerprint density at radius 2 is 1.52 bits per heavy atom. The maximum atomic E-state index is 12.3. The van der Waals surface area contributed by atoms with Crippen LogP contribution in [0.25, 0.3) is 22.4 Å². The van der Waals surface area contributed by atoms with Gasteiger partial charge < -0.3 is 13.9 Å². The van der Waals surface area contributed by atoms with Crippen LogP contribution in [0.1, 0.15) is 26.7 Å². The van der Waals surface area contributed by atoms with Gasteiger partial charge in [0.15, 0.2) is 0 Å². The SMILES string of the molecule is CCC(=O)Oc1ccc(-c2nc3ccc(OC(=O)CC)cc3c(=O)o2)cc1. The highest BCUT2D eigenvalue weighted by Crippen LogP contribution is 2.23. The summed E-state index contributed by atoms with van der Waals surface area (Å²) in [5.41, 5.74) is 0.386. The fourth-order valence-electron chi connectivity index (χ4n) is 2.31. The van der Waals surface area contributed by atoms with E-state index in [1.807, 2.05) is 0 Å². The zero-order valence-corrected chi connectivity index (χ0v) is 14.9. The number of hydrogen-bond acceptors (Lipinski definition) is 7. The van der Waals surface area contributed by atoms with Crippen LogP contribution < -0.4 is 15.1 Å². The lowest BCUT2D eigenvalue weighted by Crippen LogP contribution is -2.07. The molecule has 138 valence electrons. The Morgan fingerprint density at radius 1 is 0.926 bits per heavy atom. The molecule has 0 aliphatic carbocycles. The van der Waals surface area contributed by atoms with Crippen molar-refractivity contribution in [1.29, 1.82) is 0 Å². The van der Waals surface area contributed by atoms with E-state index in [9.17, 15) is 14.4 Å². The van der Waals surface area contributed by atoms with Crippen molar-refractivity contribution < 1.29 is 23.5 Å². The second-order valence-corrected chi connectivity index (χ2v) is 5.67. The molecule has 0 N–H and O–H groups in total. The summed E-state index contributed by atoms with van der Waals surface area (Å²) < 4.78 is 15.5. The highest BCUT2D eigenvalue weighted by Gasteiger charge is 2.11. The van der Waals surface area contributed by atoms with Crippen LogP contribution in [0.5, 0.6) is 11.5 Å². The number of esters is 2. The molecule has 0 aliphatic heterocycles. The first-order valence-electron chi connectivity index (χ1n) is 8.47. The predicted octanol–water partition coefficient (Wildman–Crippen LogP) is 3.49. The molecule has 0 saturated carbocycles. The van der Waals surface area contributed by atoms with E-state index in [4.69, 9.17) is 13.9 Å². The van der Waals surface area contributed by atoms with Crippen LogP contribution in [0.4, 0.5) is 0 Å². The van der Waals surface area contributed by atoms with Crippen molar-refractivity contribution in [2.24, 2.45) is 0 Å². The molecular formula is C20H17NO6. The average Bonchev–Trinajstić information content (AvgIpc) is 2.68. The fraction of sp³-hybridized carbons (Fsp3) is 0.200. The van der Waals surface area contributed by atoms with Crippen molar-refractivity contribution in [2.45, 2.75) is 26.7 Å². The first-order valence-corrected chi connectivity index (χ1v) is 8.47. The smallest absolute Gasteiger partial charge is 0.347 e. The number of hydrogen-bond donors (Lipinski definition) is 0. The lowest BCUT2D eigenvalue weighted by atomic mass is 10.2. The minimum atomic E-state index is -0.592. The van der Waals surface area contributed by atoms with Gasteiger partial charge >= 0.3 is 17.6 Å². The number of carbonyl (C=O) groups is 2. The first-order chi connectivity index (χ1) is 13.0. The third-order valence-electron chi connectivity index (χ3n) is 3.74. The molecule has 1 heterocycles. The van der Waals surface area contributed by atoms with Gasteiger partial charge in [0.2, 0.25) is 5.89 Å². The minimum absolute atomic E-state index is 0.138. The maximum absolute atomic E-state index is 12.3. The molecule has 7 heteroatoms. The Balaban J connectivity index is 1.92. The Labute approximate surface area is 154 Å². The van der Waals surface area contributed by atoms with Crippen LogP contribution in [-0.4, -0.2) is 16.9 Å². The Hall–Kier alpha value is -3.48. The van der Waals surface area contributed by atoms with E-state index in [0.717, 1.165) is 0 Å². The number of aromatic nitrogens is 1. The van der Waals surface area contributed by atoms with Gasteiger partial charge in [0.05, 0.1) is 10.9 Å². The molecule has 7 nitrogen and oxygen atoms in total. The summed E-state index contributed by atoms with van der Waals surface area (Å²) in [5.74, 6) is 0.0680. The Bertz CT molecular complexity index is 1050. The van der Waals surface area contributed by atoms with Gasteiger partial charge in [-0.1, -0.05) is 13.8 Å². The number of benzene rings is 2. The average molecular weight is 367 g/mol. The van der Waals surface area contributed by atoms with Gasteiger partial charge in [-0.2, -0.15) is 0 Å². The molecule has 0 unspecified atom stereocenters. The van der Waals surface area contributed by atoms with Crippen molar-refractivity contribution in [1.82, 2.24) is 4.98 Å². The molecule has 0 bridgehead atoms. The molecule has 0 fully saturated rings. The van der Waals surface area contributed by atoms with E-state index in [1.165, 1.54) is 6.07 Å². The van der Waals surface area contributed by atoms with Crippen LogP contribution in [0, 0.1) is 0 Å². The van der Waals surface area contributed by atoms with Gasteiger partial charge in [-0.25, -0.2) is 9.78 Å². The lowest BCUT2D eigenvalue weighted by Gasteiger charge is -2.06. The molecule has 3 rings (SSSR count). The van der Waals surface area contributed by atoms with E-state index >= 15 is 0 Å². The fourth-order valence-corrected chi connectivity index (χ4v) is 2.31. The molecular weight excluding hydrogens is 350 g/mol. The number of nitrogens with zero attached hydrogens (tertiary/aromatic N) is 1. The summed E-state index contributed by atoms with van der Waals surface area (Å²) in [6, 6.07) is 11.1. The van der Waals surface area contributed by atoms with Crippen LogP contribution in [0.2, 0.25) is 0 Å². The molecule has 0 spiro atoms. The van der Waals surface area contributed by atoms with E-state index in [-0.39, 0.29) is 35.8 Å². The number of carbonyl (C=O) groups excluding carboxylic acids is 2. The first kappa shape index (κ1) is 18.3. The summed E-state index contributed by atoms with van der Waals surface area (Å²) in [7, 11) is 0. The van der Waals surface area contributed by atoms with Crippen molar-refractivity contribution >= 4 is 22.8 Å². The van der Waals surface area contributed by atoms with Crippen LogP contribution in [-0.2, 0) is 9.59 Å². The largest absolute Gasteiger partial charge is 0.427 e. The van der Waals surface area contributed by atoms with Crippen molar-refractivity contribution in [2.75, 3.05) is 0 Å². The van der Waals surface area contributed by atoms with E-state index in [1.54, 1.807) is 50.2 Å². The quantitative estimate of drug-likeness (QED) is 0.503. The van der Waals surface area contributed by atoms with Crippen molar-refractivity contribution in [3.63, 3.8) is 0 Å². The normalized spacial score (nSPS) is 10.6. The topological polar surface area (TPSA) is 95.7 Å². The van der Waals surface area contributed by atoms with E-state index in [0.29, 0.717) is 16.8 Å². The van der Waals surface area contributed by atoms with Crippen LogP contribution in [0.15, 0.2) is 51.7 Å². The minimum Gasteiger partial charge on any atom is -0.427 e. The van der Waals surface area contributed by atoms with Crippen molar-refractivity contribution in [3.8, 4) is 23.0 Å². The van der Waals surface area contributed by atoms with Crippen LogP contribution in [0.3, 0.4) is 0 Å². The van der Waals surface area contributed by atoms with E-state index in [2.05, 4.69) is 4.98 Å². The standard InChI is InChI=1S/C20H17NO6/c1-3-17(22)25-13-7-5-12(6-8-13)19-21-16-10-9-14(26-18(23)4-2)11-15(16)20(24)27-19/h5-11H,3-4H2,1-2H3. The third kappa shape index (κ3) is 4.20. The highest BCUT2D eigenvalue weighted by molar-refractivity contribution is 5.81. The molecule has 3 aromatic rings. The van der Waals surface area contributed by atoms with Gasteiger partial charge in [-0.05, 0) is 42.5 Å². The molecule has 0 atom stereocenters. The Kier molecular flexibility index (Phi) is 5.30. The second-order valence-electron chi connectivity index (χ2n) is 5.67. The summed E-state index contributed by atoms with van der Waals surface area (Å²) in [6.45, 7) is 3.39. The molecule has 0 radical (unpaired) electrons. The Morgan fingerprint density at radius 3 is 2.15 bits per heavy atom. The van der Waals surface area contributed by atoms with Gasteiger partial charge in [-0.3, -0.25) is 9.59 Å². The number of fused-ring (bicyclic) bond motifs is 1. The second kappa shape index (κ2) is 7.82. The summed E-state index contributed by atoms with van der Waals surface area (Å²) in [4.78, 5) is 39.4. The van der Waals surface area contributed by atoms with Gasteiger partial charge in [-0.15, -0.1) is 0 Å². The van der Waals surface area contributed by atoms with Gasteiger partial charge in [0, 0.05) is 18.4 Å². The molecule has 0 aliphatic rings. The highest BCUT2D eigenvalue weighted by atomic mass is 16.5. The maximum Gasteiger partial charge on any atom is 0.347 e. The van der Waals surface area contributed by atoms with Gasteiger partial charge in [0.1, 0.15) is 11.5 Å². The number of rotatable bonds is 5. The molecule has 2 aromatic carbocycles. The summed E-state index contributed by atoms with van der Waals surface area (Å²) >= 11 is 0.